The number of fused-ring (bicyclic) bond motifs is 1. The molecule has 2 N–H and O–H groups in total. The predicted molar refractivity (Wildman–Crippen MR) is 151 cm³/mol. The van der Waals surface area contributed by atoms with Crippen LogP contribution >= 0.6 is 0 Å². The molecular weight excluding hydrogens is 474 g/mol. The molecule has 190 valence electrons. The van der Waals surface area contributed by atoms with Gasteiger partial charge in [0.15, 0.2) is 0 Å². The van der Waals surface area contributed by atoms with E-state index in [4.69, 9.17) is 5.26 Å². The predicted octanol–water partition coefficient (Wildman–Crippen LogP) is 4.40. The topological polar surface area (TPSA) is 88.5 Å². The molecule has 3 aromatic rings. The molecule has 7 heteroatoms. The van der Waals surface area contributed by atoms with Gasteiger partial charge in [-0.1, -0.05) is 42.5 Å². The van der Waals surface area contributed by atoms with Crippen LogP contribution in [0, 0.1) is 11.3 Å². The zero-order valence-electron chi connectivity index (χ0n) is 21.3. The number of amides is 2. The highest BCUT2D eigenvalue weighted by atomic mass is 16.2. The van der Waals surface area contributed by atoms with Gasteiger partial charge in [0.25, 0.3) is 11.8 Å². The Morgan fingerprint density at radius 3 is 2.26 bits per heavy atom. The van der Waals surface area contributed by atoms with E-state index < -0.39 is 11.8 Å². The summed E-state index contributed by atoms with van der Waals surface area (Å²) < 4.78 is 0. The Morgan fingerprint density at radius 2 is 1.55 bits per heavy atom. The second-order valence-corrected chi connectivity index (χ2v) is 9.54. The van der Waals surface area contributed by atoms with E-state index in [-0.39, 0.29) is 0 Å². The van der Waals surface area contributed by atoms with Gasteiger partial charge < -0.3 is 15.1 Å². The fourth-order valence-electron chi connectivity index (χ4n) is 4.61. The van der Waals surface area contributed by atoms with Crippen molar-refractivity contribution in [3.8, 4) is 6.07 Å². The molecule has 0 bridgehead atoms. The number of anilines is 2. The Hall–Kier alpha value is -4.67. The summed E-state index contributed by atoms with van der Waals surface area (Å²) in [6, 6.07) is 23.6. The first-order chi connectivity index (χ1) is 18.5. The van der Waals surface area contributed by atoms with Crippen LogP contribution in [0.4, 0.5) is 11.4 Å². The normalized spacial score (nSPS) is 16.8. The highest BCUT2D eigenvalue weighted by Crippen LogP contribution is 2.27. The molecule has 5 rings (SSSR count). The van der Waals surface area contributed by atoms with Gasteiger partial charge in [0.1, 0.15) is 0 Å². The zero-order valence-corrected chi connectivity index (χ0v) is 21.3. The third-order valence-corrected chi connectivity index (χ3v) is 6.90. The highest BCUT2D eigenvalue weighted by Gasteiger charge is 2.27. The van der Waals surface area contributed by atoms with E-state index in [1.165, 1.54) is 5.69 Å². The van der Waals surface area contributed by atoms with E-state index in [1.54, 1.807) is 12.3 Å². The van der Waals surface area contributed by atoms with Crippen molar-refractivity contribution in [3.05, 3.63) is 101 Å². The van der Waals surface area contributed by atoms with Gasteiger partial charge in [-0.25, -0.2) is 0 Å². The Bertz CT molecular complexity index is 1440. The molecule has 7 nitrogen and oxygen atoms in total. The number of imide groups is 1. The van der Waals surface area contributed by atoms with Gasteiger partial charge in [-0.15, -0.1) is 0 Å². The molecule has 3 aromatic carbocycles. The maximum atomic E-state index is 12.8. The Labute approximate surface area is 222 Å². The maximum absolute atomic E-state index is 12.8. The third-order valence-electron chi connectivity index (χ3n) is 6.90. The summed E-state index contributed by atoms with van der Waals surface area (Å²) in [4.78, 5) is 29.9. The lowest BCUT2D eigenvalue weighted by Gasteiger charge is -2.34. The summed E-state index contributed by atoms with van der Waals surface area (Å²) in [6.07, 6.45) is 5.95. The molecule has 38 heavy (non-hydrogen) atoms. The van der Waals surface area contributed by atoms with Crippen LogP contribution in [0.2, 0.25) is 0 Å². The number of carbonyl (C=O) groups excluding carboxylic acids is 2. The summed E-state index contributed by atoms with van der Waals surface area (Å²) >= 11 is 0. The van der Waals surface area contributed by atoms with Crippen molar-refractivity contribution in [2.75, 3.05) is 43.4 Å². The molecule has 2 aliphatic heterocycles. The van der Waals surface area contributed by atoms with Crippen LogP contribution in [-0.4, -0.2) is 49.9 Å². The zero-order chi connectivity index (χ0) is 26.5. The first kappa shape index (κ1) is 25.0. The van der Waals surface area contributed by atoms with E-state index in [1.807, 2.05) is 60.7 Å². The molecule has 0 aliphatic carbocycles. The van der Waals surface area contributed by atoms with Crippen LogP contribution in [-0.2, 0) is 11.2 Å². The monoisotopic (exact) mass is 503 g/mol. The van der Waals surface area contributed by atoms with Crippen molar-refractivity contribution in [1.82, 2.24) is 10.2 Å². The van der Waals surface area contributed by atoms with Crippen molar-refractivity contribution in [3.63, 3.8) is 0 Å². The minimum absolute atomic E-state index is 0.383. The first-order valence-electron chi connectivity index (χ1n) is 12.6. The summed E-state index contributed by atoms with van der Waals surface area (Å²) in [7, 11) is 2.14. The van der Waals surface area contributed by atoms with E-state index in [9.17, 15) is 9.59 Å². The maximum Gasteiger partial charge on any atom is 0.260 e. The van der Waals surface area contributed by atoms with Crippen LogP contribution in [0.5, 0.6) is 0 Å². The number of piperazine rings is 1. The number of nitrogens with one attached hydrogen (secondary N) is 2. The molecule has 0 radical (unpaired) electrons. The molecule has 2 aliphatic rings. The molecule has 0 unspecified atom stereocenters. The standard InChI is InChI=1S/C31H29N5O2/c1-35-16-18-36(19-17-35)26-11-9-25(10-12-26)33-21-29-28-20-24(8-13-27(28)30(37)34-31(29)38)7-6-22-2-4-23(5-3-22)14-15-32/h2-13,20-21,33H,14,16-19H2,1H3,(H,34,37,38). The SMILES string of the molecule is CN1CCN(c2ccc(NC=C3C(=O)NC(=O)c4ccc(C=Cc5ccc(CC#N)cc5)cc43)cc2)CC1. The molecule has 2 heterocycles. The smallest absolute Gasteiger partial charge is 0.260 e. The number of nitriles is 1. The van der Waals surface area contributed by atoms with Crippen LogP contribution in [0.15, 0.2) is 72.9 Å². The number of rotatable bonds is 6. The molecule has 2 amide bonds. The van der Waals surface area contributed by atoms with E-state index >= 15 is 0 Å². The summed E-state index contributed by atoms with van der Waals surface area (Å²) in [5.41, 5.74) is 6.33. The third kappa shape index (κ3) is 5.66. The van der Waals surface area contributed by atoms with Gasteiger partial charge in [0.05, 0.1) is 18.1 Å². The van der Waals surface area contributed by atoms with Gasteiger partial charge in [-0.2, -0.15) is 5.26 Å². The Balaban J connectivity index is 1.34. The van der Waals surface area contributed by atoms with Crippen molar-refractivity contribution in [2.45, 2.75) is 6.42 Å². The molecule has 0 atom stereocenters. The number of hydrogen-bond acceptors (Lipinski definition) is 6. The molecule has 0 aromatic heterocycles. The van der Waals surface area contributed by atoms with Gasteiger partial charge in [-0.05, 0) is 60.1 Å². The Kier molecular flexibility index (Phi) is 7.34. The lowest BCUT2D eigenvalue weighted by atomic mass is 9.93. The number of hydrogen-bond donors (Lipinski definition) is 2. The summed E-state index contributed by atoms with van der Waals surface area (Å²) in [6.45, 7) is 4.10. The average molecular weight is 504 g/mol. The van der Waals surface area contributed by atoms with E-state index in [0.29, 0.717) is 23.1 Å². The number of benzene rings is 3. The second-order valence-electron chi connectivity index (χ2n) is 9.54. The van der Waals surface area contributed by atoms with Crippen molar-refractivity contribution >= 4 is 40.9 Å². The number of carbonyl (C=O) groups is 2. The lowest BCUT2D eigenvalue weighted by molar-refractivity contribution is -0.114. The fourth-order valence-corrected chi connectivity index (χ4v) is 4.61. The van der Waals surface area contributed by atoms with Crippen LogP contribution in [0.25, 0.3) is 17.7 Å². The quantitative estimate of drug-likeness (QED) is 0.295. The van der Waals surface area contributed by atoms with Crippen molar-refractivity contribution < 1.29 is 9.59 Å². The van der Waals surface area contributed by atoms with Crippen molar-refractivity contribution in [1.29, 1.82) is 5.26 Å². The molecule has 1 fully saturated rings. The van der Waals surface area contributed by atoms with Crippen LogP contribution < -0.4 is 15.5 Å². The van der Waals surface area contributed by atoms with Crippen LogP contribution in [0.3, 0.4) is 0 Å². The summed E-state index contributed by atoms with van der Waals surface area (Å²) in [5.74, 6) is -0.833. The lowest BCUT2D eigenvalue weighted by Crippen LogP contribution is -2.44. The number of likely N-dealkylation sites (N-methyl/N-ethyl adjacent to an activating group) is 1. The van der Waals surface area contributed by atoms with Crippen LogP contribution in [0.1, 0.15) is 32.6 Å². The molecule has 0 spiro atoms. The number of nitrogens with zero attached hydrogens (tertiary/aromatic N) is 3. The Morgan fingerprint density at radius 1 is 0.868 bits per heavy atom. The van der Waals surface area contributed by atoms with Crippen molar-refractivity contribution in [2.24, 2.45) is 0 Å². The van der Waals surface area contributed by atoms with Gasteiger partial charge >= 0.3 is 0 Å². The van der Waals surface area contributed by atoms with E-state index in [0.717, 1.165) is 48.6 Å². The van der Waals surface area contributed by atoms with Gasteiger partial charge in [0.2, 0.25) is 0 Å². The van der Waals surface area contributed by atoms with Gasteiger partial charge in [-0.3, -0.25) is 14.9 Å². The largest absolute Gasteiger partial charge is 0.369 e. The summed E-state index contributed by atoms with van der Waals surface area (Å²) in [5, 5.41) is 14.5. The first-order valence-corrected chi connectivity index (χ1v) is 12.6. The van der Waals surface area contributed by atoms with Gasteiger partial charge in [0, 0.05) is 54.9 Å². The minimum Gasteiger partial charge on any atom is -0.369 e. The molecule has 1 saturated heterocycles. The van der Waals surface area contributed by atoms with E-state index in [2.05, 4.69) is 45.7 Å². The fraction of sp³-hybridized carbons (Fsp3) is 0.194. The molecular formula is C31H29N5O2. The molecule has 0 saturated carbocycles. The second kappa shape index (κ2) is 11.2. The minimum atomic E-state index is -0.432. The highest BCUT2D eigenvalue weighted by molar-refractivity contribution is 6.31. The average Bonchev–Trinajstić information content (AvgIpc) is 2.93.